The molecule has 1 fully saturated rings. The number of carbonyl (C=O) groups excluding carboxylic acids is 2. The fourth-order valence-electron chi connectivity index (χ4n) is 4.50. The van der Waals surface area contributed by atoms with Crippen molar-refractivity contribution in [3.63, 3.8) is 0 Å². The summed E-state index contributed by atoms with van der Waals surface area (Å²) < 4.78 is 5.56. The lowest BCUT2D eigenvalue weighted by atomic mass is 9.98. The summed E-state index contributed by atoms with van der Waals surface area (Å²) in [6.07, 6.45) is -0.639. The van der Waals surface area contributed by atoms with E-state index in [1.807, 2.05) is 24.3 Å². The Labute approximate surface area is 210 Å². The zero-order valence-electron chi connectivity index (χ0n) is 18.9. The number of nitrogens with zero attached hydrogens (tertiary/aromatic N) is 2. The van der Waals surface area contributed by atoms with E-state index in [1.54, 1.807) is 6.92 Å². The summed E-state index contributed by atoms with van der Waals surface area (Å²) in [5.41, 5.74) is 5.03. The summed E-state index contributed by atoms with van der Waals surface area (Å²) in [6.45, 7) is 2.49. The first-order chi connectivity index (χ1) is 16.9. The van der Waals surface area contributed by atoms with E-state index in [-0.39, 0.29) is 30.1 Å². The van der Waals surface area contributed by atoms with Crippen molar-refractivity contribution in [3.05, 3.63) is 70.2 Å². The van der Waals surface area contributed by atoms with Gasteiger partial charge in [-0.3, -0.25) is 14.9 Å². The van der Waals surface area contributed by atoms with Gasteiger partial charge in [0, 0.05) is 24.8 Å². The Hall–Kier alpha value is -3.37. The third kappa shape index (κ3) is 4.63. The van der Waals surface area contributed by atoms with Crippen LogP contribution in [-0.4, -0.2) is 63.7 Å². The second-order valence-electron chi connectivity index (χ2n) is 8.33. The molecule has 35 heavy (non-hydrogen) atoms. The lowest BCUT2D eigenvalue weighted by Crippen LogP contribution is -2.44. The molecule has 0 bridgehead atoms. The Morgan fingerprint density at radius 1 is 1.11 bits per heavy atom. The minimum atomic E-state index is -0.925. The molecule has 1 aromatic heterocycles. The Balaban J connectivity index is 1.24. The van der Waals surface area contributed by atoms with E-state index in [0.29, 0.717) is 22.9 Å². The topological polar surface area (TPSA) is 109 Å². The lowest BCUT2D eigenvalue weighted by Gasteiger charge is -2.30. The van der Waals surface area contributed by atoms with Crippen LogP contribution in [0.15, 0.2) is 48.5 Å². The molecule has 8 nitrogen and oxygen atoms in total. The van der Waals surface area contributed by atoms with Crippen molar-refractivity contribution in [1.29, 1.82) is 0 Å². The van der Waals surface area contributed by atoms with Crippen molar-refractivity contribution in [1.82, 2.24) is 9.88 Å². The van der Waals surface area contributed by atoms with Gasteiger partial charge in [-0.2, -0.15) is 0 Å². The van der Waals surface area contributed by atoms with Gasteiger partial charge in [0.15, 0.2) is 5.13 Å². The van der Waals surface area contributed by atoms with Gasteiger partial charge in [0.25, 0.3) is 5.91 Å². The molecule has 1 aliphatic heterocycles. The number of hydrogen-bond acceptors (Lipinski definition) is 7. The van der Waals surface area contributed by atoms with Gasteiger partial charge in [0.1, 0.15) is 16.7 Å². The number of aromatic nitrogens is 1. The molecule has 0 saturated carbocycles. The number of nitrogens with one attached hydrogen (secondary N) is 1. The number of thiazole rings is 1. The van der Waals surface area contributed by atoms with Crippen molar-refractivity contribution in [2.75, 3.05) is 30.8 Å². The summed E-state index contributed by atoms with van der Waals surface area (Å²) >= 11 is 2.40. The Bertz CT molecular complexity index is 1260. The monoisotopic (exact) mass is 509 g/mol. The van der Waals surface area contributed by atoms with E-state index >= 15 is 0 Å². The summed E-state index contributed by atoms with van der Waals surface area (Å²) in [7, 11) is 0. The van der Waals surface area contributed by atoms with E-state index in [1.165, 1.54) is 16.7 Å². The molecule has 0 spiro atoms. The zero-order chi connectivity index (χ0) is 24.5. The van der Waals surface area contributed by atoms with Crippen molar-refractivity contribution < 1.29 is 24.2 Å². The standard InChI is InChI=1S/C25H23N3O5S2/c1-14-21(22(29)28-10-11-34-20(12-28)23(30)31)35-24(26-14)27-25(32)33-13-19-17-8-4-2-6-15(17)16-7-3-5-9-18(16)19/h2-9,19-20H,10-13H2,1H3,(H,30,31)(H,26,27,32). The minimum Gasteiger partial charge on any atom is -0.480 e. The molecule has 1 unspecified atom stereocenters. The Morgan fingerprint density at radius 2 is 1.77 bits per heavy atom. The number of carboxylic acid groups (broad SMARTS) is 1. The highest BCUT2D eigenvalue weighted by Gasteiger charge is 2.32. The molecule has 2 aliphatic rings. The number of rotatable bonds is 5. The van der Waals surface area contributed by atoms with Gasteiger partial charge in [-0.25, -0.2) is 9.78 Å². The summed E-state index contributed by atoms with van der Waals surface area (Å²) in [5, 5.41) is 11.5. The average Bonchev–Trinajstić information content (AvgIpc) is 3.39. The molecule has 2 heterocycles. The number of aliphatic carboxylic acids is 1. The molecule has 1 aliphatic carbocycles. The van der Waals surface area contributed by atoms with E-state index in [4.69, 9.17) is 4.74 Å². The van der Waals surface area contributed by atoms with Gasteiger partial charge in [-0.15, -0.1) is 11.8 Å². The number of thioether (sulfide) groups is 1. The maximum atomic E-state index is 13.0. The second kappa shape index (κ2) is 9.71. The molecule has 1 atom stereocenters. The lowest BCUT2D eigenvalue weighted by molar-refractivity contribution is -0.136. The molecule has 0 radical (unpaired) electrons. The van der Waals surface area contributed by atoms with Gasteiger partial charge in [-0.05, 0) is 29.2 Å². The fraction of sp³-hybridized carbons (Fsp3) is 0.280. The van der Waals surface area contributed by atoms with Gasteiger partial charge < -0.3 is 14.7 Å². The normalized spacial score (nSPS) is 16.9. The highest BCUT2D eigenvalue weighted by Crippen LogP contribution is 2.44. The van der Waals surface area contributed by atoms with Gasteiger partial charge in [0.2, 0.25) is 0 Å². The number of hydrogen-bond donors (Lipinski definition) is 2. The maximum absolute atomic E-state index is 13.0. The van der Waals surface area contributed by atoms with Crippen molar-refractivity contribution in [2.24, 2.45) is 0 Å². The third-order valence-electron chi connectivity index (χ3n) is 6.17. The van der Waals surface area contributed by atoms with Crippen LogP contribution in [0.2, 0.25) is 0 Å². The fourth-order valence-corrected chi connectivity index (χ4v) is 6.46. The van der Waals surface area contributed by atoms with Crippen LogP contribution in [0.25, 0.3) is 11.1 Å². The number of amides is 2. The highest BCUT2D eigenvalue weighted by molar-refractivity contribution is 8.00. The molecule has 10 heteroatoms. The van der Waals surface area contributed by atoms with Crippen LogP contribution in [0.4, 0.5) is 9.93 Å². The Morgan fingerprint density at radius 3 is 2.43 bits per heavy atom. The Kier molecular flexibility index (Phi) is 6.48. The molecule has 3 aromatic rings. The number of fused-ring (bicyclic) bond motifs is 3. The first-order valence-corrected chi connectivity index (χ1v) is 13.0. The maximum Gasteiger partial charge on any atom is 0.413 e. The summed E-state index contributed by atoms with van der Waals surface area (Å²) in [6, 6.07) is 16.2. The number of anilines is 1. The first-order valence-electron chi connectivity index (χ1n) is 11.2. The molecule has 1 saturated heterocycles. The number of carbonyl (C=O) groups is 3. The van der Waals surface area contributed by atoms with E-state index < -0.39 is 17.3 Å². The van der Waals surface area contributed by atoms with Crippen molar-refractivity contribution >= 4 is 46.2 Å². The van der Waals surface area contributed by atoms with Crippen LogP contribution >= 0.6 is 23.1 Å². The predicted octanol–water partition coefficient (Wildman–Crippen LogP) is 4.45. The number of ether oxygens (including phenoxy) is 1. The zero-order valence-corrected chi connectivity index (χ0v) is 20.5. The predicted molar refractivity (Wildman–Crippen MR) is 135 cm³/mol. The van der Waals surface area contributed by atoms with Gasteiger partial charge in [0.05, 0.1) is 5.69 Å². The smallest absolute Gasteiger partial charge is 0.413 e. The molecule has 180 valence electrons. The highest BCUT2D eigenvalue weighted by atomic mass is 32.2. The van der Waals surface area contributed by atoms with Crippen LogP contribution in [0.5, 0.6) is 0 Å². The molecule has 5 rings (SSSR count). The SMILES string of the molecule is Cc1nc(NC(=O)OCC2c3ccccc3-c3ccccc32)sc1C(=O)N1CCSC(C(=O)O)C1. The van der Waals surface area contributed by atoms with Crippen LogP contribution in [-0.2, 0) is 9.53 Å². The van der Waals surface area contributed by atoms with Gasteiger partial charge >= 0.3 is 12.1 Å². The summed E-state index contributed by atoms with van der Waals surface area (Å²) in [5.74, 6) is -0.688. The van der Waals surface area contributed by atoms with Crippen molar-refractivity contribution in [3.8, 4) is 11.1 Å². The van der Waals surface area contributed by atoms with Crippen molar-refractivity contribution in [2.45, 2.75) is 18.1 Å². The molecule has 2 aromatic carbocycles. The van der Waals surface area contributed by atoms with Crippen LogP contribution in [0.3, 0.4) is 0 Å². The minimum absolute atomic E-state index is 0.0533. The van der Waals surface area contributed by atoms with Crippen LogP contribution < -0.4 is 5.32 Å². The number of carboxylic acids is 1. The average molecular weight is 510 g/mol. The molecular formula is C25H23N3O5S2. The van der Waals surface area contributed by atoms with Gasteiger partial charge in [-0.1, -0.05) is 59.9 Å². The number of benzene rings is 2. The van der Waals surface area contributed by atoms with Crippen LogP contribution in [0, 0.1) is 6.92 Å². The van der Waals surface area contributed by atoms with Crippen LogP contribution in [0.1, 0.15) is 32.4 Å². The number of aryl methyl sites for hydroxylation is 1. The summed E-state index contributed by atoms with van der Waals surface area (Å²) in [4.78, 5) is 43.1. The van der Waals surface area contributed by atoms with E-state index in [2.05, 4.69) is 34.6 Å². The first kappa shape index (κ1) is 23.4. The molecule has 2 amide bonds. The second-order valence-corrected chi connectivity index (χ2v) is 10.6. The largest absolute Gasteiger partial charge is 0.480 e. The van der Waals surface area contributed by atoms with E-state index in [9.17, 15) is 19.5 Å². The quantitative estimate of drug-likeness (QED) is 0.523. The third-order valence-corrected chi connectivity index (χ3v) is 8.40. The molecule has 2 N–H and O–H groups in total. The van der Waals surface area contributed by atoms with E-state index in [0.717, 1.165) is 33.6 Å². The molecular weight excluding hydrogens is 486 g/mol.